The maximum absolute atomic E-state index is 5.56. The lowest BCUT2D eigenvalue weighted by molar-refractivity contribution is 1.20. The van der Waals surface area contributed by atoms with Crippen LogP contribution in [0, 0.1) is 6.92 Å². The number of nitrogens with two attached hydrogens (primary N) is 1. The molecular weight excluding hydrogens is 224 g/mol. The van der Waals surface area contributed by atoms with Gasteiger partial charge in [-0.3, -0.25) is 4.98 Å². The molecule has 1 aromatic carbocycles. The highest BCUT2D eigenvalue weighted by Crippen LogP contribution is 2.23. The number of anilines is 1. The molecule has 0 spiro atoms. The Bertz CT molecular complexity index is 722. The number of rotatable bonds is 1. The highest BCUT2D eigenvalue weighted by atomic mass is 15.0. The molecule has 2 heterocycles. The van der Waals surface area contributed by atoms with E-state index in [9.17, 15) is 0 Å². The van der Waals surface area contributed by atoms with E-state index >= 15 is 0 Å². The molecule has 0 aliphatic heterocycles. The Kier molecular flexibility index (Phi) is 2.41. The molecule has 0 unspecified atom stereocenters. The van der Waals surface area contributed by atoms with Gasteiger partial charge in [-0.15, -0.1) is 0 Å². The van der Waals surface area contributed by atoms with Crippen LogP contribution < -0.4 is 5.73 Å². The van der Waals surface area contributed by atoms with Crippen LogP contribution in [0.1, 0.15) is 5.69 Å². The van der Waals surface area contributed by atoms with Crippen LogP contribution in [0.5, 0.6) is 0 Å². The zero-order valence-corrected chi connectivity index (χ0v) is 9.96. The van der Waals surface area contributed by atoms with Crippen molar-refractivity contribution in [3.05, 3.63) is 48.4 Å². The average Bonchev–Trinajstić information content (AvgIpc) is 2.38. The van der Waals surface area contributed by atoms with Gasteiger partial charge in [-0.1, -0.05) is 6.07 Å². The van der Waals surface area contributed by atoms with Crippen molar-refractivity contribution >= 4 is 16.9 Å². The van der Waals surface area contributed by atoms with Crippen molar-refractivity contribution < 1.29 is 0 Å². The molecular formula is C14H12N4. The highest BCUT2D eigenvalue weighted by Gasteiger charge is 2.02. The first-order chi connectivity index (χ1) is 8.72. The Morgan fingerprint density at radius 3 is 2.67 bits per heavy atom. The number of pyridine rings is 1. The van der Waals surface area contributed by atoms with Crippen LogP contribution in [0.4, 0.5) is 5.95 Å². The Balaban J connectivity index is 2.16. The molecule has 0 bridgehead atoms. The number of benzene rings is 1. The summed E-state index contributed by atoms with van der Waals surface area (Å²) in [6.45, 7) is 1.98. The molecule has 0 radical (unpaired) electrons. The molecule has 0 atom stereocenters. The summed E-state index contributed by atoms with van der Waals surface area (Å²) in [5.74, 6) is 0.301. The number of aryl methyl sites for hydroxylation is 1. The van der Waals surface area contributed by atoms with Crippen LogP contribution in [-0.4, -0.2) is 15.0 Å². The number of nitrogens with zero attached hydrogens (tertiary/aromatic N) is 3. The van der Waals surface area contributed by atoms with Gasteiger partial charge in [0.2, 0.25) is 5.95 Å². The molecule has 3 rings (SSSR count). The summed E-state index contributed by atoms with van der Waals surface area (Å²) < 4.78 is 0. The summed E-state index contributed by atoms with van der Waals surface area (Å²) in [6.07, 6.45) is 3.56. The second-order valence-electron chi connectivity index (χ2n) is 4.19. The normalized spacial score (nSPS) is 10.7. The average molecular weight is 236 g/mol. The summed E-state index contributed by atoms with van der Waals surface area (Å²) in [4.78, 5) is 12.4. The van der Waals surface area contributed by atoms with Gasteiger partial charge in [-0.05, 0) is 42.3 Å². The van der Waals surface area contributed by atoms with Crippen LogP contribution in [0.25, 0.3) is 22.0 Å². The van der Waals surface area contributed by atoms with Gasteiger partial charge in [0.25, 0.3) is 0 Å². The molecule has 0 aliphatic carbocycles. The van der Waals surface area contributed by atoms with E-state index in [1.54, 1.807) is 6.20 Å². The van der Waals surface area contributed by atoms with Gasteiger partial charge in [0.1, 0.15) is 0 Å². The fourth-order valence-corrected chi connectivity index (χ4v) is 1.95. The maximum atomic E-state index is 5.56. The lowest BCUT2D eigenvalue weighted by Gasteiger charge is -2.04. The van der Waals surface area contributed by atoms with Crippen LogP contribution in [0.2, 0.25) is 0 Å². The van der Waals surface area contributed by atoms with E-state index in [0.29, 0.717) is 5.95 Å². The molecule has 0 fully saturated rings. The van der Waals surface area contributed by atoms with Gasteiger partial charge in [0.15, 0.2) is 0 Å². The SMILES string of the molecule is Cc1cc(-c2ccc3nc(N)ncc3c2)ccn1. The number of nitrogen functional groups attached to an aromatic ring is 1. The van der Waals surface area contributed by atoms with Crippen molar-refractivity contribution in [2.24, 2.45) is 0 Å². The monoisotopic (exact) mass is 236 g/mol. The minimum atomic E-state index is 0.301. The van der Waals surface area contributed by atoms with Crippen LogP contribution in [-0.2, 0) is 0 Å². The van der Waals surface area contributed by atoms with Gasteiger partial charge in [-0.25, -0.2) is 9.97 Å². The first-order valence-electron chi connectivity index (χ1n) is 5.68. The van der Waals surface area contributed by atoms with Gasteiger partial charge < -0.3 is 5.73 Å². The predicted octanol–water partition coefficient (Wildman–Crippen LogP) is 2.58. The quantitative estimate of drug-likeness (QED) is 0.705. The maximum Gasteiger partial charge on any atom is 0.220 e. The van der Waals surface area contributed by atoms with Gasteiger partial charge in [0.05, 0.1) is 5.52 Å². The van der Waals surface area contributed by atoms with Crippen LogP contribution in [0.3, 0.4) is 0 Å². The van der Waals surface area contributed by atoms with Gasteiger partial charge in [0, 0.05) is 23.5 Å². The summed E-state index contributed by atoms with van der Waals surface area (Å²) in [5.41, 5.74) is 9.69. The number of hydrogen-bond donors (Lipinski definition) is 1. The first-order valence-corrected chi connectivity index (χ1v) is 5.68. The molecule has 0 saturated heterocycles. The zero-order valence-electron chi connectivity index (χ0n) is 9.96. The van der Waals surface area contributed by atoms with Gasteiger partial charge >= 0.3 is 0 Å². The van der Waals surface area contributed by atoms with Crippen molar-refractivity contribution in [2.45, 2.75) is 6.92 Å². The molecule has 4 heteroatoms. The van der Waals surface area contributed by atoms with Crippen molar-refractivity contribution in [1.29, 1.82) is 0 Å². The topological polar surface area (TPSA) is 64.7 Å². The highest BCUT2D eigenvalue weighted by molar-refractivity contribution is 5.84. The van der Waals surface area contributed by atoms with E-state index in [1.165, 1.54) is 0 Å². The van der Waals surface area contributed by atoms with Crippen molar-refractivity contribution in [1.82, 2.24) is 15.0 Å². The van der Waals surface area contributed by atoms with Crippen molar-refractivity contribution in [3.63, 3.8) is 0 Å². The molecule has 4 nitrogen and oxygen atoms in total. The van der Waals surface area contributed by atoms with E-state index in [0.717, 1.165) is 27.7 Å². The fraction of sp³-hybridized carbons (Fsp3) is 0.0714. The molecule has 18 heavy (non-hydrogen) atoms. The summed E-state index contributed by atoms with van der Waals surface area (Å²) in [7, 11) is 0. The molecule has 0 aliphatic rings. The lowest BCUT2D eigenvalue weighted by atomic mass is 10.0. The standard InChI is InChI=1S/C14H12N4/c1-9-6-11(4-5-16-9)10-2-3-13-12(7-10)8-17-14(15)18-13/h2-8H,1H3,(H2,15,17,18). The second kappa shape index (κ2) is 4.07. The van der Waals surface area contributed by atoms with E-state index < -0.39 is 0 Å². The van der Waals surface area contributed by atoms with E-state index in [2.05, 4.69) is 27.1 Å². The number of fused-ring (bicyclic) bond motifs is 1. The zero-order chi connectivity index (χ0) is 12.5. The van der Waals surface area contributed by atoms with E-state index in [4.69, 9.17) is 5.73 Å². The minimum absolute atomic E-state index is 0.301. The molecule has 2 aromatic heterocycles. The molecule has 0 saturated carbocycles. The third-order valence-corrected chi connectivity index (χ3v) is 2.83. The number of hydrogen-bond acceptors (Lipinski definition) is 4. The van der Waals surface area contributed by atoms with Gasteiger partial charge in [-0.2, -0.15) is 0 Å². The Labute approximate surface area is 105 Å². The Morgan fingerprint density at radius 1 is 1.00 bits per heavy atom. The molecule has 0 amide bonds. The molecule has 88 valence electrons. The second-order valence-corrected chi connectivity index (χ2v) is 4.19. The number of aromatic nitrogens is 3. The third kappa shape index (κ3) is 1.88. The van der Waals surface area contributed by atoms with Crippen LogP contribution >= 0.6 is 0 Å². The minimum Gasteiger partial charge on any atom is -0.368 e. The summed E-state index contributed by atoms with van der Waals surface area (Å²) in [6, 6.07) is 10.1. The fourth-order valence-electron chi connectivity index (χ4n) is 1.95. The lowest BCUT2D eigenvalue weighted by Crippen LogP contribution is -1.94. The van der Waals surface area contributed by atoms with Crippen LogP contribution in [0.15, 0.2) is 42.7 Å². The molecule has 3 aromatic rings. The van der Waals surface area contributed by atoms with E-state index in [1.807, 2.05) is 31.3 Å². The predicted molar refractivity (Wildman–Crippen MR) is 71.9 cm³/mol. The first kappa shape index (κ1) is 10.7. The summed E-state index contributed by atoms with van der Waals surface area (Å²) in [5, 5.41) is 0.983. The van der Waals surface area contributed by atoms with Crippen molar-refractivity contribution in [3.8, 4) is 11.1 Å². The smallest absolute Gasteiger partial charge is 0.220 e. The Morgan fingerprint density at radius 2 is 1.83 bits per heavy atom. The van der Waals surface area contributed by atoms with Crippen molar-refractivity contribution in [2.75, 3.05) is 5.73 Å². The largest absolute Gasteiger partial charge is 0.368 e. The molecule has 2 N–H and O–H groups in total. The van der Waals surface area contributed by atoms with E-state index in [-0.39, 0.29) is 0 Å². The Hall–Kier alpha value is -2.49. The summed E-state index contributed by atoms with van der Waals surface area (Å²) >= 11 is 0. The third-order valence-electron chi connectivity index (χ3n) is 2.83.